The van der Waals surface area contributed by atoms with Crippen LogP contribution in [0.25, 0.3) is 0 Å². The summed E-state index contributed by atoms with van der Waals surface area (Å²) in [7, 11) is 0. The monoisotopic (exact) mass is 289 g/mol. The molecule has 1 heterocycles. The summed E-state index contributed by atoms with van der Waals surface area (Å²) in [5.41, 5.74) is 1.20. The zero-order chi connectivity index (χ0) is 15.2. The van der Waals surface area contributed by atoms with Gasteiger partial charge in [0, 0.05) is 18.5 Å². The summed E-state index contributed by atoms with van der Waals surface area (Å²) in [4.78, 5) is 26.5. The molecule has 0 aliphatic carbocycles. The minimum atomic E-state index is -0.912. The Morgan fingerprint density at radius 3 is 2.86 bits per heavy atom. The van der Waals surface area contributed by atoms with E-state index in [0.29, 0.717) is 29.4 Å². The zero-order valence-electron chi connectivity index (χ0n) is 11.5. The van der Waals surface area contributed by atoms with Crippen molar-refractivity contribution in [2.45, 2.75) is 26.2 Å². The molecule has 0 unspecified atom stereocenters. The van der Waals surface area contributed by atoms with Crippen LogP contribution in [0.3, 0.4) is 0 Å². The molecule has 1 aromatic carbocycles. The minimum absolute atomic E-state index is 0.0784. The van der Waals surface area contributed by atoms with Gasteiger partial charge in [0.05, 0.1) is 6.42 Å². The molecule has 0 fully saturated rings. The number of hydrogen-bond acceptors (Lipinski definition) is 5. The molecule has 2 N–H and O–H groups in total. The number of carbonyl (C=O) groups is 2. The van der Waals surface area contributed by atoms with Crippen LogP contribution in [0.2, 0.25) is 0 Å². The molecule has 110 valence electrons. The van der Waals surface area contributed by atoms with E-state index in [4.69, 9.17) is 9.63 Å². The van der Waals surface area contributed by atoms with Crippen molar-refractivity contribution >= 4 is 17.6 Å². The molecule has 7 heteroatoms. The van der Waals surface area contributed by atoms with Gasteiger partial charge in [-0.15, -0.1) is 0 Å². The first-order valence-electron chi connectivity index (χ1n) is 6.42. The maximum atomic E-state index is 11.8. The van der Waals surface area contributed by atoms with Crippen molar-refractivity contribution in [1.29, 1.82) is 0 Å². The summed E-state index contributed by atoms with van der Waals surface area (Å²) in [6, 6.07) is 6.75. The van der Waals surface area contributed by atoms with Gasteiger partial charge in [-0.1, -0.05) is 17.3 Å². The second-order valence-corrected chi connectivity index (χ2v) is 4.55. The predicted molar refractivity (Wildman–Crippen MR) is 73.8 cm³/mol. The number of anilines is 1. The highest BCUT2D eigenvalue weighted by Crippen LogP contribution is 2.12. The van der Waals surface area contributed by atoms with E-state index in [2.05, 4.69) is 15.5 Å². The molecule has 0 atom stereocenters. The zero-order valence-corrected chi connectivity index (χ0v) is 11.5. The van der Waals surface area contributed by atoms with E-state index in [0.717, 1.165) is 0 Å². The normalized spacial score (nSPS) is 10.3. The maximum Gasteiger partial charge on any atom is 0.307 e. The molecule has 0 saturated carbocycles. The SMILES string of the molecule is Cc1noc(CCC(=O)Nc2cccc(CC(=O)O)c2)n1. The van der Waals surface area contributed by atoms with Gasteiger partial charge >= 0.3 is 5.97 Å². The van der Waals surface area contributed by atoms with Gasteiger partial charge in [-0.05, 0) is 24.6 Å². The minimum Gasteiger partial charge on any atom is -0.481 e. The van der Waals surface area contributed by atoms with Crippen LogP contribution in [0.15, 0.2) is 28.8 Å². The van der Waals surface area contributed by atoms with E-state index in [1.807, 2.05) is 0 Å². The molecule has 21 heavy (non-hydrogen) atoms. The molecule has 0 bridgehead atoms. The summed E-state index contributed by atoms with van der Waals surface area (Å²) in [6.07, 6.45) is 0.497. The third-order valence-electron chi connectivity index (χ3n) is 2.70. The summed E-state index contributed by atoms with van der Waals surface area (Å²) in [5, 5.41) is 15.1. The molecule has 2 aromatic rings. The Hall–Kier alpha value is -2.70. The molecule has 0 radical (unpaired) electrons. The van der Waals surface area contributed by atoms with E-state index in [1.54, 1.807) is 31.2 Å². The van der Waals surface area contributed by atoms with E-state index in [1.165, 1.54) is 0 Å². The molecule has 2 rings (SSSR count). The second-order valence-electron chi connectivity index (χ2n) is 4.55. The van der Waals surface area contributed by atoms with Crippen LogP contribution in [-0.4, -0.2) is 27.1 Å². The molecule has 0 spiro atoms. The molecule has 7 nitrogen and oxygen atoms in total. The number of hydrogen-bond donors (Lipinski definition) is 2. The fourth-order valence-corrected chi connectivity index (χ4v) is 1.82. The molecule has 1 aromatic heterocycles. The van der Waals surface area contributed by atoms with Crippen LogP contribution in [0, 0.1) is 6.92 Å². The van der Waals surface area contributed by atoms with E-state index >= 15 is 0 Å². The van der Waals surface area contributed by atoms with Crippen LogP contribution < -0.4 is 5.32 Å². The van der Waals surface area contributed by atoms with Gasteiger partial charge in [0.1, 0.15) is 0 Å². The van der Waals surface area contributed by atoms with Crippen molar-refractivity contribution in [1.82, 2.24) is 10.1 Å². The Kier molecular flexibility index (Phi) is 4.65. The average molecular weight is 289 g/mol. The number of rotatable bonds is 6. The Morgan fingerprint density at radius 2 is 2.19 bits per heavy atom. The second kappa shape index (κ2) is 6.65. The number of carboxylic acid groups (broad SMARTS) is 1. The van der Waals surface area contributed by atoms with E-state index in [9.17, 15) is 9.59 Å². The number of carbonyl (C=O) groups excluding carboxylic acids is 1. The third kappa shape index (κ3) is 4.72. The number of aliphatic carboxylic acids is 1. The van der Waals surface area contributed by atoms with Crippen LogP contribution in [0.5, 0.6) is 0 Å². The van der Waals surface area contributed by atoms with Crippen molar-refractivity contribution in [3.8, 4) is 0 Å². The van der Waals surface area contributed by atoms with Gasteiger partial charge in [0.2, 0.25) is 11.8 Å². The van der Waals surface area contributed by atoms with Crippen LogP contribution in [0.4, 0.5) is 5.69 Å². The number of nitrogens with zero attached hydrogens (tertiary/aromatic N) is 2. The molecule has 0 saturated heterocycles. The standard InChI is InChI=1S/C14H15N3O4/c1-9-15-13(21-17-9)6-5-12(18)16-11-4-2-3-10(7-11)8-14(19)20/h2-4,7H,5-6,8H2,1H3,(H,16,18)(H,19,20). The van der Waals surface area contributed by atoms with E-state index < -0.39 is 5.97 Å². The van der Waals surface area contributed by atoms with Crippen molar-refractivity contribution in [3.05, 3.63) is 41.5 Å². The Balaban J connectivity index is 1.88. The van der Waals surface area contributed by atoms with Crippen LogP contribution in [0.1, 0.15) is 23.7 Å². The molecule has 0 aliphatic heterocycles. The lowest BCUT2D eigenvalue weighted by molar-refractivity contribution is -0.136. The molecule has 0 aliphatic rings. The number of amides is 1. The average Bonchev–Trinajstić information content (AvgIpc) is 2.82. The first kappa shape index (κ1) is 14.7. The fraction of sp³-hybridized carbons (Fsp3) is 0.286. The Morgan fingerprint density at radius 1 is 1.38 bits per heavy atom. The predicted octanol–water partition coefficient (Wildman–Crippen LogP) is 1.58. The Bertz CT molecular complexity index is 651. The van der Waals surface area contributed by atoms with Gasteiger partial charge in [-0.2, -0.15) is 4.98 Å². The molecular formula is C14H15N3O4. The van der Waals surface area contributed by atoms with Crippen molar-refractivity contribution < 1.29 is 19.2 Å². The van der Waals surface area contributed by atoms with E-state index in [-0.39, 0.29) is 18.7 Å². The van der Waals surface area contributed by atoms with Gasteiger partial charge < -0.3 is 14.9 Å². The lowest BCUT2D eigenvalue weighted by atomic mass is 10.1. The lowest BCUT2D eigenvalue weighted by Gasteiger charge is -2.05. The van der Waals surface area contributed by atoms with Gasteiger partial charge in [0.15, 0.2) is 5.82 Å². The number of carboxylic acids is 1. The van der Waals surface area contributed by atoms with Crippen molar-refractivity contribution in [3.63, 3.8) is 0 Å². The Labute approximate surface area is 121 Å². The number of aromatic nitrogens is 2. The topological polar surface area (TPSA) is 105 Å². The van der Waals surface area contributed by atoms with Crippen molar-refractivity contribution in [2.75, 3.05) is 5.32 Å². The fourth-order valence-electron chi connectivity index (χ4n) is 1.82. The molecule has 1 amide bonds. The van der Waals surface area contributed by atoms with Crippen LogP contribution in [-0.2, 0) is 22.4 Å². The molecular weight excluding hydrogens is 274 g/mol. The first-order chi connectivity index (χ1) is 10.0. The highest BCUT2D eigenvalue weighted by Gasteiger charge is 2.08. The number of aryl methyl sites for hydroxylation is 2. The number of benzene rings is 1. The number of nitrogens with one attached hydrogen (secondary N) is 1. The third-order valence-corrected chi connectivity index (χ3v) is 2.70. The summed E-state index contributed by atoms with van der Waals surface area (Å²) >= 11 is 0. The van der Waals surface area contributed by atoms with Gasteiger partial charge in [0.25, 0.3) is 0 Å². The smallest absolute Gasteiger partial charge is 0.307 e. The van der Waals surface area contributed by atoms with Gasteiger partial charge in [-0.25, -0.2) is 0 Å². The summed E-state index contributed by atoms with van der Waals surface area (Å²) in [6.45, 7) is 1.71. The summed E-state index contributed by atoms with van der Waals surface area (Å²) in [5.74, 6) is -0.155. The highest BCUT2D eigenvalue weighted by atomic mass is 16.5. The largest absolute Gasteiger partial charge is 0.481 e. The maximum absolute atomic E-state index is 11.8. The van der Waals surface area contributed by atoms with Crippen molar-refractivity contribution in [2.24, 2.45) is 0 Å². The van der Waals surface area contributed by atoms with Crippen LogP contribution >= 0.6 is 0 Å². The lowest BCUT2D eigenvalue weighted by Crippen LogP contribution is -2.12. The quantitative estimate of drug-likeness (QED) is 0.836. The highest BCUT2D eigenvalue weighted by molar-refractivity contribution is 5.90. The van der Waals surface area contributed by atoms with Gasteiger partial charge in [-0.3, -0.25) is 9.59 Å². The first-order valence-corrected chi connectivity index (χ1v) is 6.42. The summed E-state index contributed by atoms with van der Waals surface area (Å²) < 4.78 is 4.92.